The topological polar surface area (TPSA) is 40.9 Å². The second-order valence-corrected chi connectivity index (χ2v) is 4.16. The van der Waals surface area contributed by atoms with E-state index in [4.69, 9.17) is 5.26 Å². The van der Waals surface area contributed by atoms with Crippen molar-refractivity contribution in [1.29, 1.82) is 5.26 Å². The molecule has 2 atom stereocenters. The highest BCUT2D eigenvalue weighted by atomic mass is 16.1. The third kappa shape index (κ3) is 1.66. The summed E-state index contributed by atoms with van der Waals surface area (Å²) in [6, 6.07) is 2.10. The summed E-state index contributed by atoms with van der Waals surface area (Å²) < 4.78 is 0. The van der Waals surface area contributed by atoms with Crippen molar-refractivity contribution in [2.75, 3.05) is 0 Å². The van der Waals surface area contributed by atoms with Crippen LogP contribution in [0.1, 0.15) is 39.5 Å². The van der Waals surface area contributed by atoms with Gasteiger partial charge in [-0.2, -0.15) is 5.26 Å². The van der Waals surface area contributed by atoms with E-state index < -0.39 is 0 Å². The minimum Gasteiger partial charge on any atom is -0.299 e. The van der Waals surface area contributed by atoms with Crippen molar-refractivity contribution < 1.29 is 4.79 Å². The first-order valence-corrected chi connectivity index (χ1v) is 4.49. The van der Waals surface area contributed by atoms with Gasteiger partial charge in [0.25, 0.3) is 0 Å². The molecule has 0 aromatic carbocycles. The lowest BCUT2D eigenvalue weighted by Gasteiger charge is -2.20. The molecule has 2 nitrogen and oxygen atoms in total. The molecule has 0 aromatic heterocycles. The Labute approximate surface area is 73.6 Å². The van der Waals surface area contributed by atoms with E-state index in [1.807, 2.05) is 6.92 Å². The number of ketones is 1. The van der Waals surface area contributed by atoms with Crippen molar-refractivity contribution >= 4 is 5.78 Å². The molecule has 0 heterocycles. The SMILES string of the molecule is CC1CC(=O)C(C)(CCC#N)C1. The number of rotatable bonds is 2. The van der Waals surface area contributed by atoms with Gasteiger partial charge in [-0.1, -0.05) is 13.8 Å². The summed E-state index contributed by atoms with van der Waals surface area (Å²) in [6.45, 7) is 4.10. The third-order valence-corrected chi connectivity index (χ3v) is 2.79. The summed E-state index contributed by atoms with van der Waals surface area (Å²) in [6.07, 6.45) is 2.93. The predicted octanol–water partition coefficient (Wildman–Crippen LogP) is 2.30. The normalized spacial score (nSPS) is 35.1. The van der Waals surface area contributed by atoms with Crippen LogP contribution in [0.5, 0.6) is 0 Å². The Morgan fingerprint density at radius 1 is 1.75 bits per heavy atom. The fourth-order valence-corrected chi connectivity index (χ4v) is 2.09. The first-order valence-electron chi connectivity index (χ1n) is 4.49. The first-order chi connectivity index (χ1) is 5.58. The zero-order chi connectivity index (χ0) is 9.19. The van der Waals surface area contributed by atoms with E-state index in [0.717, 1.165) is 12.8 Å². The van der Waals surface area contributed by atoms with Crippen molar-refractivity contribution in [3.63, 3.8) is 0 Å². The van der Waals surface area contributed by atoms with Gasteiger partial charge in [-0.15, -0.1) is 0 Å². The highest BCUT2D eigenvalue weighted by Gasteiger charge is 2.40. The van der Waals surface area contributed by atoms with Crippen LogP contribution in [0.2, 0.25) is 0 Å². The van der Waals surface area contributed by atoms with Crippen LogP contribution in [0.3, 0.4) is 0 Å². The van der Waals surface area contributed by atoms with E-state index in [1.165, 1.54) is 0 Å². The average Bonchev–Trinajstić information content (AvgIpc) is 2.23. The van der Waals surface area contributed by atoms with Crippen molar-refractivity contribution in [3.05, 3.63) is 0 Å². The largest absolute Gasteiger partial charge is 0.299 e. The molecule has 1 fully saturated rings. The van der Waals surface area contributed by atoms with Gasteiger partial charge in [0.05, 0.1) is 6.07 Å². The lowest BCUT2D eigenvalue weighted by Crippen LogP contribution is -2.20. The zero-order valence-corrected chi connectivity index (χ0v) is 7.76. The van der Waals surface area contributed by atoms with Gasteiger partial charge >= 0.3 is 0 Å². The predicted molar refractivity (Wildman–Crippen MR) is 46.4 cm³/mol. The molecule has 1 saturated carbocycles. The molecule has 66 valence electrons. The second-order valence-electron chi connectivity index (χ2n) is 4.16. The number of nitrogens with zero attached hydrogens (tertiary/aromatic N) is 1. The molecule has 0 radical (unpaired) electrons. The number of carbonyl (C=O) groups excluding carboxylic acids is 1. The fraction of sp³-hybridized carbons (Fsp3) is 0.800. The smallest absolute Gasteiger partial charge is 0.139 e. The number of hydrogen-bond donors (Lipinski definition) is 0. The van der Waals surface area contributed by atoms with E-state index in [0.29, 0.717) is 24.5 Å². The van der Waals surface area contributed by atoms with Gasteiger partial charge in [-0.3, -0.25) is 4.79 Å². The van der Waals surface area contributed by atoms with E-state index in [1.54, 1.807) is 0 Å². The van der Waals surface area contributed by atoms with Crippen LogP contribution in [0.15, 0.2) is 0 Å². The molecule has 0 bridgehead atoms. The summed E-state index contributed by atoms with van der Waals surface area (Å²) in [5.41, 5.74) is -0.185. The molecule has 2 unspecified atom stereocenters. The standard InChI is InChI=1S/C10H15NO/c1-8-6-9(12)10(2,7-8)4-3-5-11/h8H,3-4,6-7H2,1-2H3. The van der Waals surface area contributed by atoms with Crippen LogP contribution in [-0.4, -0.2) is 5.78 Å². The summed E-state index contributed by atoms with van der Waals surface area (Å²) in [5, 5.41) is 8.43. The quantitative estimate of drug-likeness (QED) is 0.630. The number of carbonyl (C=O) groups is 1. The molecule has 1 rings (SSSR count). The van der Waals surface area contributed by atoms with Crippen molar-refractivity contribution in [1.82, 2.24) is 0 Å². The monoisotopic (exact) mass is 165 g/mol. The second kappa shape index (κ2) is 3.26. The van der Waals surface area contributed by atoms with Crippen LogP contribution in [-0.2, 0) is 4.79 Å². The summed E-state index contributed by atoms with van der Waals surface area (Å²) in [5.74, 6) is 0.867. The maximum atomic E-state index is 11.5. The van der Waals surface area contributed by atoms with E-state index in [-0.39, 0.29) is 5.41 Å². The molecule has 0 spiro atoms. The molecule has 0 N–H and O–H groups in total. The van der Waals surface area contributed by atoms with Crippen LogP contribution < -0.4 is 0 Å². The molecule has 1 aliphatic carbocycles. The molecule has 0 aromatic rings. The third-order valence-electron chi connectivity index (χ3n) is 2.79. The summed E-state index contributed by atoms with van der Waals surface area (Å²) in [4.78, 5) is 11.5. The number of hydrogen-bond acceptors (Lipinski definition) is 2. The average molecular weight is 165 g/mol. The first kappa shape index (κ1) is 9.25. The van der Waals surface area contributed by atoms with Crippen molar-refractivity contribution in [2.24, 2.45) is 11.3 Å². The Bertz CT molecular complexity index is 228. The van der Waals surface area contributed by atoms with Gasteiger partial charge in [0.1, 0.15) is 5.78 Å². The van der Waals surface area contributed by atoms with E-state index >= 15 is 0 Å². The fourth-order valence-electron chi connectivity index (χ4n) is 2.09. The Morgan fingerprint density at radius 2 is 2.42 bits per heavy atom. The molecule has 0 aliphatic heterocycles. The maximum absolute atomic E-state index is 11.5. The zero-order valence-electron chi connectivity index (χ0n) is 7.76. The van der Waals surface area contributed by atoms with Crippen LogP contribution in [0.4, 0.5) is 0 Å². The summed E-state index contributed by atoms with van der Waals surface area (Å²) in [7, 11) is 0. The Kier molecular flexibility index (Phi) is 2.52. The molecule has 0 amide bonds. The highest BCUT2D eigenvalue weighted by molar-refractivity contribution is 5.86. The number of nitriles is 1. The minimum atomic E-state index is -0.185. The lowest BCUT2D eigenvalue weighted by molar-refractivity contribution is -0.125. The van der Waals surface area contributed by atoms with Crippen molar-refractivity contribution in [2.45, 2.75) is 39.5 Å². The van der Waals surface area contributed by atoms with Crippen molar-refractivity contribution in [3.8, 4) is 6.07 Å². The van der Waals surface area contributed by atoms with Gasteiger partial charge in [-0.25, -0.2) is 0 Å². The van der Waals surface area contributed by atoms with Gasteiger partial charge in [0.2, 0.25) is 0 Å². The molecule has 0 saturated heterocycles. The molecule has 2 heteroatoms. The Balaban J connectivity index is 2.59. The van der Waals surface area contributed by atoms with Gasteiger partial charge in [0.15, 0.2) is 0 Å². The summed E-state index contributed by atoms with van der Waals surface area (Å²) >= 11 is 0. The molecule has 12 heavy (non-hydrogen) atoms. The van der Waals surface area contributed by atoms with Gasteiger partial charge in [-0.05, 0) is 18.8 Å². The molecular weight excluding hydrogens is 150 g/mol. The molecular formula is C10H15NO. The molecule has 1 aliphatic rings. The van der Waals surface area contributed by atoms with Crippen LogP contribution in [0, 0.1) is 22.7 Å². The maximum Gasteiger partial charge on any atom is 0.139 e. The highest BCUT2D eigenvalue weighted by Crippen LogP contribution is 2.41. The lowest BCUT2D eigenvalue weighted by atomic mass is 9.82. The van der Waals surface area contributed by atoms with Crippen LogP contribution in [0.25, 0.3) is 0 Å². The Morgan fingerprint density at radius 3 is 2.83 bits per heavy atom. The van der Waals surface area contributed by atoms with Gasteiger partial charge < -0.3 is 0 Å². The Hall–Kier alpha value is -0.840. The van der Waals surface area contributed by atoms with Gasteiger partial charge in [0, 0.05) is 18.3 Å². The minimum absolute atomic E-state index is 0.185. The van der Waals surface area contributed by atoms with Crippen LogP contribution >= 0.6 is 0 Å². The number of Topliss-reactive ketones (excluding diaryl/α,β-unsaturated/α-hetero) is 1. The van der Waals surface area contributed by atoms with E-state index in [2.05, 4.69) is 13.0 Å². The van der Waals surface area contributed by atoms with E-state index in [9.17, 15) is 4.79 Å².